The number of benzene rings is 1. The zero-order valence-corrected chi connectivity index (χ0v) is 14.2. The van der Waals surface area contributed by atoms with E-state index in [2.05, 4.69) is 20.7 Å². The number of sulfonamides is 1. The fourth-order valence-corrected chi connectivity index (χ4v) is 4.30. The van der Waals surface area contributed by atoms with E-state index in [0.29, 0.717) is 10.6 Å². The second kappa shape index (κ2) is 6.55. The first kappa shape index (κ1) is 15.9. The van der Waals surface area contributed by atoms with Gasteiger partial charge in [-0.2, -0.15) is 0 Å². The molecule has 0 saturated heterocycles. The summed E-state index contributed by atoms with van der Waals surface area (Å²) in [6, 6.07) is 6.38. The minimum Gasteiger partial charge on any atom is -0.326 e. The van der Waals surface area contributed by atoms with Crippen LogP contribution in [0.2, 0.25) is 5.02 Å². The van der Waals surface area contributed by atoms with Crippen LogP contribution in [-0.4, -0.2) is 8.42 Å². The molecule has 0 saturated carbocycles. The Kier molecular flexibility index (Phi) is 5.22. The van der Waals surface area contributed by atoms with Crippen molar-refractivity contribution >= 4 is 48.9 Å². The molecule has 1 aromatic heterocycles. The van der Waals surface area contributed by atoms with Crippen LogP contribution in [0.3, 0.4) is 0 Å². The van der Waals surface area contributed by atoms with Crippen molar-refractivity contribution < 1.29 is 8.42 Å². The highest BCUT2D eigenvalue weighted by molar-refractivity contribution is 9.10. The van der Waals surface area contributed by atoms with Crippen molar-refractivity contribution in [2.75, 3.05) is 0 Å². The fourth-order valence-electron chi connectivity index (χ4n) is 1.57. The van der Waals surface area contributed by atoms with E-state index >= 15 is 0 Å². The van der Waals surface area contributed by atoms with Crippen LogP contribution in [0.1, 0.15) is 10.4 Å². The van der Waals surface area contributed by atoms with Crippen LogP contribution >= 0.6 is 38.9 Å². The van der Waals surface area contributed by atoms with Gasteiger partial charge in [-0.3, -0.25) is 0 Å². The molecule has 4 nitrogen and oxygen atoms in total. The molecule has 0 aliphatic rings. The molecule has 20 heavy (non-hydrogen) atoms. The summed E-state index contributed by atoms with van der Waals surface area (Å²) in [7, 11) is -3.57. The van der Waals surface area contributed by atoms with Crippen molar-refractivity contribution in [1.29, 1.82) is 0 Å². The van der Waals surface area contributed by atoms with Crippen LogP contribution < -0.4 is 10.5 Å². The number of nitrogens with two attached hydrogens (primary N) is 1. The predicted octanol–water partition coefficient (Wildman–Crippen LogP) is 3.10. The molecule has 0 fully saturated rings. The lowest BCUT2D eigenvalue weighted by atomic mass is 10.2. The Morgan fingerprint density at radius 2 is 2.10 bits per heavy atom. The molecule has 3 N–H and O–H groups in total. The number of hydrogen-bond acceptors (Lipinski definition) is 4. The Hall–Kier alpha value is -0.440. The summed E-state index contributed by atoms with van der Waals surface area (Å²) in [6.07, 6.45) is 0. The number of hydrogen-bond donors (Lipinski definition) is 2. The number of nitrogens with one attached hydrogen (secondary N) is 1. The third-order valence-electron chi connectivity index (χ3n) is 2.61. The lowest BCUT2D eigenvalue weighted by molar-refractivity contribution is 0.581. The molecule has 0 radical (unpaired) electrons. The lowest BCUT2D eigenvalue weighted by Gasteiger charge is -2.08. The Balaban J connectivity index is 2.17. The van der Waals surface area contributed by atoms with Gasteiger partial charge in [0.15, 0.2) is 0 Å². The Morgan fingerprint density at radius 3 is 2.70 bits per heavy atom. The number of halogens is 2. The van der Waals surface area contributed by atoms with Crippen molar-refractivity contribution in [3.63, 3.8) is 0 Å². The summed E-state index contributed by atoms with van der Waals surface area (Å²) in [5, 5.41) is 2.37. The van der Waals surface area contributed by atoms with Crippen LogP contribution in [0.4, 0.5) is 0 Å². The standard InChI is InChI=1S/C12H12BrClN2O2S2/c13-9-4-10(19-7-9)6-16-20(17,18)11-1-2-12(14)8(3-11)5-15/h1-4,7,16H,5-6,15H2. The van der Waals surface area contributed by atoms with E-state index in [-0.39, 0.29) is 18.0 Å². The Morgan fingerprint density at radius 1 is 1.35 bits per heavy atom. The Labute approximate surface area is 135 Å². The summed E-state index contributed by atoms with van der Waals surface area (Å²) in [5.41, 5.74) is 6.13. The van der Waals surface area contributed by atoms with Gasteiger partial charge in [0.05, 0.1) is 4.90 Å². The number of rotatable bonds is 5. The van der Waals surface area contributed by atoms with Gasteiger partial charge in [-0.15, -0.1) is 11.3 Å². The molecule has 0 spiro atoms. The molecule has 2 rings (SSSR count). The SMILES string of the molecule is NCc1cc(S(=O)(=O)NCc2cc(Br)cs2)ccc1Cl. The third-order valence-corrected chi connectivity index (χ3v) is 6.07. The molecule has 8 heteroatoms. The second-order valence-electron chi connectivity index (χ2n) is 4.01. The maximum atomic E-state index is 12.2. The van der Waals surface area contributed by atoms with Crippen molar-refractivity contribution in [1.82, 2.24) is 4.72 Å². The van der Waals surface area contributed by atoms with Crippen molar-refractivity contribution in [2.24, 2.45) is 5.73 Å². The highest BCUT2D eigenvalue weighted by Crippen LogP contribution is 2.22. The summed E-state index contributed by atoms with van der Waals surface area (Å²) in [4.78, 5) is 1.09. The first-order valence-electron chi connectivity index (χ1n) is 5.63. The van der Waals surface area contributed by atoms with Crippen LogP contribution in [0.15, 0.2) is 39.0 Å². The van der Waals surface area contributed by atoms with Gasteiger partial charge in [-0.05, 0) is 45.8 Å². The average Bonchev–Trinajstić information content (AvgIpc) is 2.83. The zero-order chi connectivity index (χ0) is 14.8. The van der Waals surface area contributed by atoms with E-state index in [1.165, 1.54) is 23.5 Å². The summed E-state index contributed by atoms with van der Waals surface area (Å²) >= 11 is 10.7. The van der Waals surface area contributed by atoms with Gasteiger partial charge in [0.1, 0.15) is 0 Å². The van der Waals surface area contributed by atoms with Gasteiger partial charge in [0, 0.05) is 32.8 Å². The molecule has 0 amide bonds. The van der Waals surface area contributed by atoms with Crippen molar-refractivity contribution in [3.8, 4) is 0 Å². The largest absolute Gasteiger partial charge is 0.326 e. The highest BCUT2D eigenvalue weighted by Gasteiger charge is 2.15. The molecule has 1 heterocycles. The van der Waals surface area contributed by atoms with Crippen LogP contribution in [0, 0.1) is 0 Å². The normalized spacial score (nSPS) is 11.8. The van der Waals surface area contributed by atoms with Gasteiger partial charge in [0.2, 0.25) is 10.0 Å². The van der Waals surface area contributed by atoms with Crippen molar-refractivity contribution in [3.05, 3.63) is 49.6 Å². The minimum absolute atomic E-state index is 0.165. The third kappa shape index (κ3) is 3.81. The average molecular weight is 396 g/mol. The quantitative estimate of drug-likeness (QED) is 0.817. The molecular weight excluding hydrogens is 384 g/mol. The predicted molar refractivity (Wildman–Crippen MR) is 85.4 cm³/mol. The first-order chi connectivity index (χ1) is 9.42. The monoisotopic (exact) mass is 394 g/mol. The van der Waals surface area contributed by atoms with Crippen molar-refractivity contribution in [2.45, 2.75) is 18.0 Å². The van der Waals surface area contributed by atoms with E-state index in [1.807, 2.05) is 11.4 Å². The molecular formula is C12H12BrClN2O2S2. The molecule has 0 atom stereocenters. The maximum absolute atomic E-state index is 12.2. The lowest BCUT2D eigenvalue weighted by Crippen LogP contribution is -2.23. The number of thiophene rings is 1. The van der Waals surface area contributed by atoms with E-state index in [9.17, 15) is 8.42 Å². The molecule has 0 bridgehead atoms. The minimum atomic E-state index is -3.57. The van der Waals surface area contributed by atoms with Gasteiger partial charge >= 0.3 is 0 Å². The van der Waals surface area contributed by atoms with Gasteiger partial charge in [0.25, 0.3) is 0 Å². The van der Waals surface area contributed by atoms with E-state index < -0.39 is 10.0 Å². The van der Waals surface area contributed by atoms with E-state index in [1.54, 1.807) is 6.07 Å². The summed E-state index contributed by atoms with van der Waals surface area (Å²) in [5.74, 6) is 0. The van der Waals surface area contributed by atoms with E-state index in [0.717, 1.165) is 9.35 Å². The molecule has 0 aliphatic heterocycles. The second-order valence-corrected chi connectivity index (χ2v) is 8.10. The summed E-state index contributed by atoms with van der Waals surface area (Å²) in [6.45, 7) is 0.444. The highest BCUT2D eigenvalue weighted by atomic mass is 79.9. The topological polar surface area (TPSA) is 72.2 Å². The summed E-state index contributed by atoms with van der Waals surface area (Å²) < 4.78 is 27.9. The molecule has 0 unspecified atom stereocenters. The van der Waals surface area contributed by atoms with Crippen LogP contribution in [-0.2, 0) is 23.1 Å². The smallest absolute Gasteiger partial charge is 0.240 e. The van der Waals surface area contributed by atoms with Crippen LogP contribution in [0.25, 0.3) is 0 Å². The van der Waals surface area contributed by atoms with Gasteiger partial charge < -0.3 is 5.73 Å². The van der Waals surface area contributed by atoms with Gasteiger partial charge in [-0.25, -0.2) is 13.1 Å². The Bertz CT molecular complexity index is 716. The first-order valence-corrected chi connectivity index (χ1v) is 9.17. The molecule has 108 valence electrons. The van der Waals surface area contributed by atoms with Gasteiger partial charge in [-0.1, -0.05) is 11.6 Å². The molecule has 1 aromatic carbocycles. The fraction of sp³-hybridized carbons (Fsp3) is 0.167. The molecule has 2 aromatic rings. The van der Waals surface area contributed by atoms with E-state index in [4.69, 9.17) is 17.3 Å². The zero-order valence-electron chi connectivity index (χ0n) is 10.3. The van der Waals surface area contributed by atoms with Crippen LogP contribution in [0.5, 0.6) is 0 Å². The maximum Gasteiger partial charge on any atom is 0.240 e. The molecule has 0 aliphatic carbocycles.